The standard InChI is InChI=1S/C14H26O3/c1-12(2)8-5-4-6-11-17-14(16)10-7-9-13(3)15/h12H,4-11H2,1-3H3. The van der Waals surface area contributed by atoms with Crippen LogP contribution in [0, 0.1) is 5.92 Å². The van der Waals surface area contributed by atoms with Crippen LogP contribution in [0.3, 0.4) is 0 Å². The van der Waals surface area contributed by atoms with E-state index in [1.807, 2.05) is 0 Å². The number of unbranched alkanes of at least 4 members (excludes halogenated alkanes) is 2. The molecule has 0 atom stereocenters. The molecular formula is C14H26O3. The molecule has 17 heavy (non-hydrogen) atoms. The lowest BCUT2D eigenvalue weighted by Crippen LogP contribution is -2.06. The molecule has 0 aliphatic carbocycles. The molecule has 0 aromatic rings. The molecule has 0 saturated carbocycles. The molecule has 0 radical (unpaired) electrons. The maximum absolute atomic E-state index is 11.2. The third-order valence-electron chi connectivity index (χ3n) is 2.60. The Bertz CT molecular complexity index is 222. The number of carbonyl (C=O) groups is 2. The van der Waals surface area contributed by atoms with Gasteiger partial charge in [0.1, 0.15) is 5.78 Å². The SMILES string of the molecule is CC(=O)CCCC(=O)OCCCCCC(C)C. The number of ether oxygens (including phenoxy) is 1. The van der Waals surface area contributed by atoms with Crippen molar-refractivity contribution in [3.05, 3.63) is 0 Å². The van der Waals surface area contributed by atoms with Crippen molar-refractivity contribution in [1.29, 1.82) is 0 Å². The van der Waals surface area contributed by atoms with E-state index in [1.165, 1.54) is 12.8 Å². The van der Waals surface area contributed by atoms with Crippen LogP contribution in [-0.4, -0.2) is 18.4 Å². The van der Waals surface area contributed by atoms with Gasteiger partial charge in [0, 0.05) is 12.8 Å². The van der Waals surface area contributed by atoms with Crippen LogP contribution in [0.15, 0.2) is 0 Å². The molecule has 0 aliphatic rings. The van der Waals surface area contributed by atoms with E-state index in [0.29, 0.717) is 25.9 Å². The smallest absolute Gasteiger partial charge is 0.305 e. The highest BCUT2D eigenvalue weighted by atomic mass is 16.5. The average Bonchev–Trinajstić information content (AvgIpc) is 2.22. The molecule has 0 rings (SSSR count). The first-order chi connectivity index (χ1) is 8.02. The van der Waals surface area contributed by atoms with Crippen molar-refractivity contribution in [2.45, 2.75) is 65.7 Å². The zero-order valence-electron chi connectivity index (χ0n) is 11.5. The second-order valence-electron chi connectivity index (χ2n) is 5.02. The lowest BCUT2D eigenvalue weighted by Gasteiger charge is -2.05. The molecule has 0 saturated heterocycles. The van der Waals surface area contributed by atoms with Gasteiger partial charge in [-0.15, -0.1) is 0 Å². The number of hydrogen-bond acceptors (Lipinski definition) is 3. The van der Waals surface area contributed by atoms with E-state index < -0.39 is 0 Å². The minimum atomic E-state index is -0.171. The summed E-state index contributed by atoms with van der Waals surface area (Å²) < 4.78 is 5.08. The van der Waals surface area contributed by atoms with Gasteiger partial charge in [-0.25, -0.2) is 0 Å². The molecule has 0 N–H and O–H groups in total. The minimum absolute atomic E-state index is 0.131. The molecular weight excluding hydrogens is 216 g/mol. The van der Waals surface area contributed by atoms with Crippen LogP contribution in [-0.2, 0) is 14.3 Å². The second-order valence-corrected chi connectivity index (χ2v) is 5.02. The molecule has 100 valence electrons. The van der Waals surface area contributed by atoms with Crippen molar-refractivity contribution in [3.63, 3.8) is 0 Å². The fraction of sp³-hybridized carbons (Fsp3) is 0.857. The molecule has 3 heteroatoms. The lowest BCUT2D eigenvalue weighted by molar-refractivity contribution is -0.143. The van der Waals surface area contributed by atoms with Crippen LogP contribution in [0.1, 0.15) is 65.7 Å². The Morgan fingerprint density at radius 1 is 1.00 bits per heavy atom. The highest BCUT2D eigenvalue weighted by Crippen LogP contribution is 2.08. The van der Waals surface area contributed by atoms with Gasteiger partial charge < -0.3 is 9.53 Å². The van der Waals surface area contributed by atoms with E-state index >= 15 is 0 Å². The Hall–Kier alpha value is -0.860. The Kier molecular flexibility index (Phi) is 9.78. The van der Waals surface area contributed by atoms with Gasteiger partial charge >= 0.3 is 5.97 Å². The average molecular weight is 242 g/mol. The molecule has 0 spiro atoms. The minimum Gasteiger partial charge on any atom is -0.466 e. The van der Waals surface area contributed by atoms with Crippen LogP contribution >= 0.6 is 0 Å². The summed E-state index contributed by atoms with van der Waals surface area (Å²) in [5.74, 6) is 0.714. The van der Waals surface area contributed by atoms with Crippen LogP contribution in [0.25, 0.3) is 0 Å². The van der Waals surface area contributed by atoms with Crippen LogP contribution < -0.4 is 0 Å². The number of esters is 1. The summed E-state index contributed by atoms with van der Waals surface area (Å²) in [6, 6.07) is 0. The topological polar surface area (TPSA) is 43.4 Å². The van der Waals surface area contributed by atoms with E-state index in [4.69, 9.17) is 4.74 Å². The van der Waals surface area contributed by atoms with Crippen molar-refractivity contribution in [1.82, 2.24) is 0 Å². The van der Waals surface area contributed by atoms with E-state index in [-0.39, 0.29) is 11.8 Å². The first kappa shape index (κ1) is 16.1. The summed E-state index contributed by atoms with van der Waals surface area (Å²) in [5.41, 5.74) is 0. The van der Waals surface area contributed by atoms with Gasteiger partial charge in [-0.05, 0) is 25.7 Å². The molecule has 0 fully saturated rings. The summed E-state index contributed by atoms with van der Waals surface area (Å²) in [6.07, 6.45) is 5.98. The van der Waals surface area contributed by atoms with Crippen molar-refractivity contribution < 1.29 is 14.3 Å². The van der Waals surface area contributed by atoms with Gasteiger partial charge in [0.2, 0.25) is 0 Å². The van der Waals surface area contributed by atoms with Gasteiger partial charge in [0.15, 0.2) is 0 Å². The number of hydrogen-bond donors (Lipinski definition) is 0. The van der Waals surface area contributed by atoms with E-state index in [1.54, 1.807) is 6.92 Å². The van der Waals surface area contributed by atoms with Crippen molar-refractivity contribution in [2.75, 3.05) is 6.61 Å². The van der Waals surface area contributed by atoms with Gasteiger partial charge in [0.25, 0.3) is 0 Å². The maximum Gasteiger partial charge on any atom is 0.305 e. The molecule has 0 amide bonds. The highest BCUT2D eigenvalue weighted by Gasteiger charge is 2.03. The number of carbonyl (C=O) groups excluding carboxylic acids is 2. The fourth-order valence-electron chi connectivity index (χ4n) is 1.57. The molecule has 0 unspecified atom stereocenters. The molecule has 0 bridgehead atoms. The second kappa shape index (κ2) is 10.3. The van der Waals surface area contributed by atoms with Crippen molar-refractivity contribution in [3.8, 4) is 0 Å². The third-order valence-corrected chi connectivity index (χ3v) is 2.60. The number of ketones is 1. The molecule has 0 heterocycles. The predicted octanol–water partition coefficient (Wildman–Crippen LogP) is 3.51. The van der Waals surface area contributed by atoms with Gasteiger partial charge in [-0.2, -0.15) is 0 Å². The Morgan fingerprint density at radius 2 is 1.71 bits per heavy atom. The fourth-order valence-corrected chi connectivity index (χ4v) is 1.57. The Morgan fingerprint density at radius 3 is 2.29 bits per heavy atom. The first-order valence-electron chi connectivity index (χ1n) is 6.67. The predicted molar refractivity (Wildman–Crippen MR) is 68.8 cm³/mol. The lowest BCUT2D eigenvalue weighted by atomic mass is 10.1. The maximum atomic E-state index is 11.2. The molecule has 0 aromatic carbocycles. The molecule has 0 aliphatic heterocycles. The van der Waals surface area contributed by atoms with Crippen LogP contribution in [0.5, 0.6) is 0 Å². The zero-order valence-corrected chi connectivity index (χ0v) is 11.5. The largest absolute Gasteiger partial charge is 0.466 e. The summed E-state index contributed by atoms with van der Waals surface area (Å²) in [5, 5.41) is 0. The van der Waals surface area contributed by atoms with Gasteiger partial charge in [0.05, 0.1) is 6.61 Å². The monoisotopic (exact) mass is 242 g/mol. The molecule has 0 aromatic heterocycles. The first-order valence-corrected chi connectivity index (χ1v) is 6.67. The van der Waals surface area contributed by atoms with E-state index in [2.05, 4.69) is 13.8 Å². The van der Waals surface area contributed by atoms with Crippen LogP contribution in [0.2, 0.25) is 0 Å². The van der Waals surface area contributed by atoms with Crippen LogP contribution in [0.4, 0.5) is 0 Å². The van der Waals surface area contributed by atoms with Gasteiger partial charge in [-0.3, -0.25) is 4.79 Å². The summed E-state index contributed by atoms with van der Waals surface area (Å²) in [7, 11) is 0. The van der Waals surface area contributed by atoms with Crippen molar-refractivity contribution >= 4 is 11.8 Å². The third kappa shape index (κ3) is 13.1. The summed E-state index contributed by atoms with van der Waals surface area (Å²) in [4.78, 5) is 21.9. The quantitative estimate of drug-likeness (QED) is 0.435. The number of Topliss-reactive ketones (excluding diaryl/α,β-unsaturated/α-hetero) is 1. The summed E-state index contributed by atoms with van der Waals surface area (Å²) >= 11 is 0. The number of rotatable bonds is 10. The molecule has 3 nitrogen and oxygen atoms in total. The van der Waals surface area contributed by atoms with E-state index in [9.17, 15) is 9.59 Å². The Balaban J connectivity index is 3.25. The highest BCUT2D eigenvalue weighted by molar-refractivity contribution is 5.76. The normalized spacial score (nSPS) is 10.6. The zero-order chi connectivity index (χ0) is 13.1. The Labute approximate surface area is 105 Å². The van der Waals surface area contributed by atoms with Gasteiger partial charge in [-0.1, -0.05) is 33.1 Å². The summed E-state index contributed by atoms with van der Waals surface area (Å²) in [6.45, 7) is 6.50. The van der Waals surface area contributed by atoms with E-state index in [0.717, 1.165) is 18.8 Å². The van der Waals surface area contributed by atoms with Crippen molar-refractivity contribution in [2.24, 2.45) is 5.92 Å².